The molecule has 0 radical (unpaired) electrons. The number of hydrogen-bond acceptors (Lipinski definition) is 1. The van der Waals surface area contributed by atoms with Crippen LogP contribution in [0.1, 0.15) is 31.2 Å². The van der Waals surface area contributed by atoms with Gasteiger partial charge in [0.2, 0.25) is 5.91 Å². The van der Waals surface area contributed by atoms with Crippen molar-refractivity contribution in [2.75, 3.05) is 11.4 Å². The van der Waals surface area contributed by atoms with Crippen LogP contribution in [0.5, 0.6) is 0 Å². The van der Waals surface area contributed by atoms with Crippen molar-refractivity contribution in [1.29, 1.82) is 0 Å². The third-order valence-corrected chi connectivity index (χ3v) is 2.92. The highest BCUT2D eigenvalue weighted by Crippen LogP contribution is 2.20. The van der Waals surface area contributed by atoms with E-state index in [4.69, 9.17) is 0 Å². The van der Waals surface area contributed by atoms with E-state index in [-0.39, 0.29) is 5.91 Å². The SMILES string of the molecule is Cc1ccc(N2CCCCCC2=O)cc1. The van der Waals surface area contributed by atoms with E-state index in [1.807, 2.05) is 17.0 Å². The fourth-order valence-corrected chi connectivity index (χ4v) is 1.98. The second-order valence-electron chi connectivity index (χ2n) is 4.19. The molecule has 1 aromatic rings. The molecular weight excluding hydrogens is 186 g/mol. The van der Waals surface area contributed by atoms with E-state index < -0.39 is 0 Å². The first-order valence-corrected chi connectivity index (χ1v) is 5.64. The lowest BCUT2D eigenvalue weighted by atomic mass is 10.2. The van der Waals surface area contributed by atoms with Gasteiger partial charge in [0.05, 0.1) is 0 Å². The van der Waals surface area contributed by atoms with Gasteiger partial charge >= 0.3 is 0 Å². The molecule has 0 bridgehead atoms. The smallest absolute Gasteiger partial charge is 0.226 e. The number of anilines is 1. The van der Waals surface area contributed by atoms with Crippen LogP contribution in [0.2, 0.25) is 0 Å². The van der Waals surface area contributed by atoms with E-state index >= 15 is 0 Å². The Kier molecular flexibility index (Phi) is 3.05. The van der Waals surface area contributed by atoms with Crippen LogP contribution in [-0.2, 0) is 4.79 Å². The molecule has 2 nitrogen and oxygen atoms in total. The molecular formula is C13H17NO. The largest absolute Gasteiger partial charge is 0.312 e. The average Bonchev–Trinajstić information content (AvgIpc) is 2.44. The van der Waals surface area contributed by atoms with Crippen LogP contribution in [0.4, 0.5) is 5.69 Å². The van der Waals surface area contributed by atoms with Crippen LogP contribution in [0, 0.1) is 6.92 Å². The zero-order valence-electron chi connectivity index (χ0n) is 9.20. The molecule has 0 aromatic heterocycles. The molecule has 1 amide bonds. The van der Waals surface area contributed by atoms with Gasteiger partial charge in [0.15, 0.2) is 0 Å². The molecule has 0 aliphatic carbocycles. The lowest BCUT2D eigenvalue weighted by Crippen LogP contribution is -2.29. The van der Waals surface area contributed by atoms with Crippen LogP contribution in [0.15, 0.2) is 24.3 Å². The Bertz CT molecular complexity index is 342. The summed E-state index contributed by atoms with van der Waals surface area (Å²) in [5.41, 5.74) is 2.29. The fraction of sp³-hybridized carbons (Fsp3) is 0.462. The molecule has 2 rings (SSSR count). The van der Waals surface area contributed by atoms with Gasteiger partial charge in [-0.05, 0) is 31.9 Å². The first-order chi connectivity index (χ1) is 7.27. The lowest BCUT2D eigenvalue weighted by molar-refractivity contribution is -0.118. The first-order valence-electron chi connectivity index (χ1n) is 5.64. The lowest BCUT2D eigenvalue weighted by Gasteiger charge is -2.20. The molecule has 15 heavy (non-hydrogen) atoms. The molecule has 1 aromatic carbocycles. The summed E-state index contributed by atoms with van der Waals surface area (Å²) in [5.74, 6) is 0.274. The number of benzene rings is 1. The summed E-state index contributed by atoms with van der Waals surface area (Å²) >= 11 is 0. The van der Waals surface area contributed by atoms with Gasteiger partial charge in [-0.15, -0.1) is 0 Å². The summed E-state index contributed by atoms with van der Waals surface area (Å²) < 4.78 is 0. The normalized spacial score (nSPS) is 17.7. The fourth-order valence-electron chi connectivity index (χ4n) is 1.98. The molecule has 0 unspecified atom stereocenters. The van der Waals surface area contributed by atoms with Crippen molar-refractivity contribution in [2.24, 2.45) is 0 Å². The maximum absolute atomic E-state index is 11.8. The van der Waals surface area contributed by atoms with Crippen LogP contribution >= 0.6 is 0 Å². The minimum atomic E-state index is 0.274. The Morgan fingerprint density at radius 1 is 1.07 bits per heavy atom. The summed E-state index contributed by atoms with van der Waals surface area (Å²) in [4.78, 5) is 13.7. The van der Waals surface area contributed by atoms with Crippen molar-refractivity contribution >= 4 is 11.6 Å². The van der Waals surface area contributed by atoms with Gasteiger partial charge in [0, 0.05) is 18.7 Å². The first kappa shape index (κ1) is 10.2. The van der Waals surface area contributed by atoms with Crippen LogP contribution in [0.25, 0.3) is 0 Å². The van der Waals surface area contributed by atoms with E-state index in [1.54, 1.807) is 0 Å². The molecule has 1 fully saturated rings. The highest BCUT2D eigenvalue weighted by molar-refractivity contribution is 5.93. The molecule has 0 atom stereocenters. The van der Waals surface area contributed by atoms with Gasteiger partial charge < -0.3 is 4.90 Å². The molecule has 80 valence electrons. The summed E-state index contributed by atoms with van der Waals surface area (Å²) in [6.45, 7) is 2.94. The van der Waals surface area contributed by atoms with E-state index in [9.17, 15) is 4.79 Å². The van der Waals surface area contributed by atoms with Crippen molar-refractivity contribution in [3.05, 3.63) is 29.8 Å². The predicted molar refractivity (Wildman–Crippen MR) is 62.0 cm³/mol. The van der Waals surface area contributed by atoms with Crippen LogP contribution in [0.3, 0.4) is 0 Å². The Morgan fingerprint density at radius 2 is 1.80 bits per heavy atom. The van der Waals surface area contributed by atoms with Crippen molar-refractivity contribution in [3.63, 3.8) is 0 Å². The zero-order chi connectivity index (χ0) is 10.7. The van der Waals surface area contributed by atoms with E-state index in [1.165, 1.54) is 12.0 Å². The second kappa shape index (κ2) is 4.47. The van der Waals surface area contributed by atoms with Gasteiger partial charge in [0.25, 0.3) is 0 Å². The molecule has 0 saturated carbocycles. The number of aryl methyl sites for hydroxylation is 1. The van der Waals surface area contributed by atoms with Gasteiger partial charge in [-0.2, -0.15) is 0 Å². The van der Waals surface area contributed by atoms with E-state index in [0.717, 1.165) is 25.1 Å². The average molecular weight is 203 g/mol. The van der Waals surface area contributed by atoms with Crippen LogP contribution < -0.4 is 4.90 Å². The van der Waals surface area contributed by atoms with E-state index in [2.05, 4.69) is 19.1 Å². The minimum Gasteiger partial charge on any atom is -0.312 e. The topological polar surface area (TPSA) is 20.3 Å². The maximum Gasteiger partial charge on any atom is 0.226 e. The Hall–Kier alpha value is -1.31. The third-order valence-electron chi connectivity index (χ3n) is 2.92. The number of nitrogens with zero attached hydrogens (tertiary/aromatic N) is 1. The van der Waals surface area contributed by atoms with Crippen LogP contribution in [-0.4, -0.2) is 12.5 Å². The number of carbonyl (C=O) groups excluding carboxylic acids is 1. The van der Waals surface area contributed by atoms with Crippen molar-refractivity contribution in [1.82, 2.24) is 0 Å². The number of hydrogen-bond donors (Lipinski definition) is 0. The highest BCUT2D eigenvalue weighted by Gasteiger charge is 2.17. The summed E-state index contributed by atoms with van der Waals surface area (Å²) in [6.07, 6.45) is 4.04. The molecule has 0 spiro atoms. The standard InChI is InChI=1S/C13H17NO/c1-11-6-8-12(9-7-11)14-10-4-2-3-5-13(14)15/h6-9H,2-5,10H2,1H3. The molecule has 1 saturated heterocycles. The summed E-state index contributed by atoms with van der Waals surface area (Å²) in [6, 6.07) is 8.21. The molecule has 0 N–H and O–H groups in total. The van der Waals surface area contributed by atoms with Gasteiger partial charge in [-0.3, -0.25) is 4.79 Å². The monoisotopic (exact) mass is 203 g/mol. The Labute approximate surface area is 90.9 Å². The summed E-state index contributed by atoms with van der Waals surface area (Å²) in [5, 5.41) is 0. The number of carbonyl (C=O) groups is 1. The second-order valence-corrected chi connectivity index (χ2v) is 4.19. The Morgan fingerprint density at radius 3 is 2.53 bits per heavy atom. The van der Waals surface area contributed by atoms with Crippen molar-refractivity contribution in [3.8, 4) is 0 Å². The number of amides is 1. The zero-order valence-corrected chi connectivity index (χ0v) is 9.20. The Balaban J connectivity index is 2.20. The summed E-state index contributed by atoms with van der Waals surface area (Å²) in [7, 11) is 0. The van der Waals surface area contributed by atoms with Gasteiger partial charge in [-0.25, -0.2) is 0 Å². The highest BCUT2D eigenvalue weighted by atomic mass is 16.2. The number of rotatable bonds is 1. The quantitative estimate of drug-likeness (QED) is 0.687. The third kappa shape index (κ3) is 2.38. The van der Waals surface area contributed by atoms with Crippen molar-refractivity contribution < 1.29 is 4.79 Å². The van der Waals surface area contributed by atoms with E-state index in [0.29, 0.717) is 6.42 Å². The van der Waals surface area contributed by atoms with Gasteiger partial charge in [0.1, 0.15) is 0 Å². The minimum absolute atomic E-state index is 0.274. The molecule has 1 heterocycles. The van der Waals surface area contributed by atoms with Crippen molar-refractivity contribution in [2.45, 2.75) is 32.6 Å². The molecule has 1 aliphatic heterocycles. The van der Waals surface area contributed by atoms with Gasteiger partial charge in [-0.1, -0.05) is 24.1 Å². The molecule has 2 heteroatoms. The maximum atomic E-state index is 11.8. The predicted octanol–water partition coefficient (Wildman–Crippen LogP) is 2.90. The molecule has 1 aliphatic rings.